The molecule has 1 saturated carbocycles. The van der Waals surface area contributed by atoms with E-state index in [9.17, 15) is 9.90 Å². The maximum absolute atomic E-state index is 11.6. The maximum atomic E-state index is 11.6. The van der Waals surface area contributed by atoms with E-state index in [0.29, 0.717) is 0 Å². The average molecular weight is 287 g/mol. The largest absolute Gasteiger partial charge is 0.481 e. The highest BCUT2D eigenvalue weighted by atomic mass is 16.4. The lowest BCUT2D eigenvalue weighted by Gasteiger charge is -2.29. The van der Waals surface area contributed by atoms with Crippen molar-refractivity contribution < 1.29 is 9.90 Å². The highest BCUT2D eigenvalue weighted by Crippen LogP contribution is 2.39. The van der Waals surface area contributed by atoms with Crippen LogP contribution < -0.4 is 0 Å². The fraction of sp³-hybridized carbons (Fsp3) is 0.562. The number of hydrogen-bond acceptors (Lipinski definition) is 3. The number of aromatic nitrogens is 3. The highest BCUT2D eigenvalue weighted by Gasteiger charge is 2.35. The highest BCUT2D eigenvalue weighted by molar-refractivity contribution is 5.76. The summed E-state index contributed by atoms with van der Waals surface area (Å²) >= 11 is 0. The van der Waals surface area contributed by atoms with Crippen LogP contribution in [0.4, 0.5) is 0 Å². The Bertz CT molecular complexity index is 663. The van der Waals surface area contributed by atoms with Crippen molar-refractivity contribution in [3.63, 3.8) is 0 Å². The molecule has 2 atom stereocenters. The number of pyridine rings is 1. The first-order valence-corrected chi connectivity index (χ1v) is 7.64. The summed E-state index contributed by atoms with van der Waals surface area (Å²) in [6.07, 6.45) is 7.25. The van der Waals surface area contributed by atoms with Gasteiger partial charge in [0.1, 0.15) is 11.3 Å². The monoisotopic (exact) mass is 287 g/mol. The zero-order chi connectivity index (χ0) is 15.0. The Morgan fingerprint density at radius 1 is 1.38 bits per heavy atom. The van der Waals surface area contributed by atoms with E-state index in [-0.39, 0.29) is 17.9 Å². The third kappa shape index (κ3) is 2.41. The first-order valence-electron chi connectivity index (χ1n) is 7.64. The lowest BCUT2D eigenvalue weighted by atomic mass is 9.78. The molecule has 2 aromatic rings. The molecule has 3 rings (SSSR count). The van der Waals surface area contributed by atoms with Gasteiger partial charge in [-0.1, -0.05) is 12.8 Å². The molecule has 0 radical (unpaired) electrons. The van der Waals surface area contributed by atoms with Crippen molar-refractivity contribution in [3.05, 3.63) is 24.3 Å². The van der Waals surface area contributed by atoms with Crippen LogP contribution in [0.25, 0.3) is 11.0 Å². The van der Waals surface area contributed by atoms with Crippen molar-refractivity contribution in [2.24, 2.45) is 5.92 Å². The van der Waals surface area contributed by atoms with Crippen molar-refractivity contribution in [1.29, 1.82) is 0 Å². The Labute approximate surface area is 124 Å². The second-order valence-electron chi connectivity index (χ2n) is 6.13. The van der Waals surface area contributed by atoms with E-state index in [4.69, 9.17) is 4.98 Å². The summed E-state index contributed by atoms with van der Waals surface area (Å²) in [5.74, 6) is -0.0904. The van der Waals surface area contributed by atoms with E-state index in [1.54, 1.807) is 12.4 Å². The number of carboxylic acids is 1. The molecule has 1 N–H and O–H groups in total. The summed E-state index contributed by atoms with van der Waals surface area (Å²) in [5.41, 5.74) is 1.90. The minimum absolute atomic E-state index is 0.00560. The van der Waals surface area contributed by atoms with E-state index < -0.39 is 5.97 Å². The Kier molecular flexibility index (Phi) is 3.66. The molecule has 5 nitrogen and oxygen atoms in total. The molecule has 2 unspecified atom stereocenters. The number of aliphatic carboxylic acids is 1. The number of carboxylic acid groups (broad SMARTS) is 1. The molecule has 2 heterocycles. The summed E-state index contributed by atoms with van der Waals surface area (Å²) in [6.45, 7) is 4.23. The lowest BCUT2D eigenvalue weighted by molar-refractivity contribution is -0.143. The average Bonchev–Trinajstić information content (AvgIpc) is 2.86. The zero-order valence-corrected chi connectivity index (χ0v) is 12.5. The molecule has 0 saturated heterocycles. The van der Waals surface area contributed by atoms with Crippen LogP contribution in [-0.2, 0) is 4.79 Å². The molecule has 2 aromatic heterocycles. The Hall–Kier alpha value is -1.91. The Balaban J connectivity index is 2.14. The van der Waals surface area contributed by atoms with Gasteiger partial charge in [0.25, 0.3) is 0 Å². The zero-order valence-electron chi connectivity index (χ0n) is 12.5. The van der Waals surface area contributed by atoms with Crippen LogP contribution >= 0.6 is 0 Å². The van der Waals surface area contributed by atoms with E-state index >= 15 is 0 Å². The molecule has 1 aliphatic carbocycles. The van der Waals surface area contributed by atoms with Crippen LogP contribution in [0.1, 0.15) is 57.3 Å². The first-order chi connectivity index (χ1) is 10.1. The van der Waals surface area contributed by atoms with Gasteiger partial charge in [0.2, 0.25) is 0 Å². The van der Waals surface area contributed by atoms with Gasteiger partial charge in [-0.2, -0.15) is 0 Å². The number of imidazole rings is 1. The predicted molar refractivity (Wildman–Crippen MR) is 80.2 cm³/mol. The van der Waals surface area contributed by atoms with Crippen molar-refractivity contribution in [1.82, 2.24) is 14.5 Å². The number of rotatable bonds is 3. The summed E-state index contributed by atoms with van der Waals surface area (Å²) in [5, 5.41) is 9.52. The summed E-state index contributed by atoms with van der Waals surface area (Å²) < 4.78 is 2.18. The van der Waals surface area contributed by atoms with E-state index in [1.807, 2.05) is 6.07 Å². The molecule has 0 aromatic carbocycles. The molecule has 1 aliphatic rings. The van der Waals surface area contributed by atoms with Gasteiger partial charge in [0.15, 0.2) is 0 Å². The van der Waals surface area contributed by atoms with E-state index in [1.165, 1.54) is 0 Å². The third-order valence-corrected chi connectivity index (χ3v) is 4.45. The van der Waals surface area contributed by atoms with Crippen molar-refractivity contribution >= 4 is 17.0 Å². The molecule has 0 amide bonds. The third-order valence-electron chi connectivity index (χ3n) is 4.45. The minimum Gasteiger partial charge on any atom is -0.481 e. The molecule has 0 aliphatic heterocycles. The number of fused-ring (bicyclic) bond motifs is 1. The standard InChI is InChI=1S/C16H21N3O2/c1-10(2)19-14-7-8-17-9-13(14)18-15(19)11-5-3-4-6-12(11)16(20)21/h7-12H,3-6H2,1-2H3,(H,20,21). The lowest BCUT2D eigenvalue weighted by Crippen LogP contribution is -2.28. The van der Waals surface area contributed by atoms with Gasteiger partial charge < -0.3 is 9.67 Å². The summed E-state index contributed by atoms with van der Waals surface area (Å²) in [4.78, 5) is 20.4. The second-order valence-corrected chi connectivity index (χ2v) is 6.13. The van der Waals surface area contributed by atoms with Gasteiger partial charge in [-0.05, 0) is 32.8 Å². The SMILES string of the molecule is CC(C)n1c(C2CCCCC2C(=O)O)nc2cnccc21. The molecule has 21 heavy (non-hydrogen) atoms. The molecule has 112 valence electrons. The molecule has 5 heteroatoms. The molecule has 0 spiro atoms. The molecule has 0 bridgehead atoms. The number of nitrogens with zero attached hydrogens (tertiary/aromatic N) is 3. The topological polar surface area (TPSA) is 68.0 Å². The van der Waals surface area contributed by atoms with E-state index in [0.717, 1.165) is 42.5 Å². The normalized spacial score (nSPS) is 22.8. The van der Waals surface area contributed by atoms with Gasteiger partial charge in [-0.3, -0.25) is 9.78 Å². The van der Waals surface area contributed by atoms with Crippen molar-refractivity contribution in [3.8, 4) is 0 Å². The van der Waals surface area contributed by atoms with Gasteiger partial charge in [-0.15, -0.1) is 0 Å². The summed E-state index contributed by atoms with van der Waals surface area (Å²) in [7, 11) is 0. The number of carbonyl (C=O) groups is 1. The van der Waals surface area contributed by atoms with Gasteiger partial charge in [0, 0.05) is 18.2 Å². The van der Waals surface area contributed by atoms with Gasteiger partial charge in [-0.25, -0.2) is 4.98 Å². The van der Waals surface area contributed by atoms with Crippen LogP contribution in [0.5, 0.6) is 0 Å². The first kappa shape index (κ1) is 14.0. The molecular weight excluding hydrogens is 266 g/mol. The maximum Gasteiger partial charge on any atom is 0.307 e. The summed E-state index contributed by atoms with van der Waals surface area (Å²) in [6, 6.07) is 2.22. The van der Waals surface area contributed by atoms with E-state index in [2.05, 4.69) is 23.4 Å². The quantitative estimate of drug-likeness (QED) is 0.939. The van der Waals surface area contributed by atoms with Crippen LogP contribution in [0.2, 0.25) is 0 Å². The van der Waals surface area contributed by atoms with Crippen LogP contribution in [0.3, 0.4) is 0 Å². The molecular formula is C16H21N3O2. The van der Waals surface area contributed by atoms with Crippen LogP contribution in [-0.4, -0.2) is 25.6 Å². The van der Waals surface area contributed by atoms with Crippen molar-refractivity contribution in [2.45, 2.75) is 51.5 Å². The second kappa shape index (κ2) is 5.47. The Morgan fingerprint density at radius 2 is 2.14 bits per heavy atom. The smallest absolute Gasteiger partial charge is 0.307 e. The Morgan fingerprint density at radius 3 is 2.86 bits per heavy atom. The number of hydrogen-bond donors (Lipinski definition) is 1. The van der Waals surface area contributed by atoms with Crippen LogP contribution in [0, 0.1) is 5.92 Å². The minimum atomic E-state index is -0.694. The fourth-order valence-corrected chi connectivity index (χ4v) is 3.51. The van der Waals surface area contributed by atoms with Crippen LogP contribution in [0.15, 0.2) is 18.5 Å². The van der Waals surface area contributed by atoms with Gasteiger partial charge in [0.05, 0.1) is 17.6 Å². The van der Waals surface area contributed by atoms with Gasteiger partial charge >= 0.3 is 5.97 Å². The molecule has 1 fully saturated rings. The fourth-order valence-electron chi connectivity index (χ4n) is 3.51. The predicted octanol–water partition coefficient (Wildman–Crippen LogP) is 3.37. The van der Waals surface area contributed by atoms with Crippen molar-refractivity contribution in [2.75, 3.05) is 0 Å².